The van der Waals surface area contributed by atoms with Crippen molar-refractivity contribution in [1.29, 1.82) is 0 Å². The zero-order valence-corrected chi connectivity index (χ0v) is 13.4. The van der Waals surface area contributed by atoms with E-state index in [9.17, 15) is 9.59 Å². The van der Waals surface area contributed by atoms with Gasteiger partial charge in [0.15, 0.2) is 10.8 Å². The molecule has 1 heterocycles. The molecule has 118 valence electrons. The summed E-state index contributed by atoms with van der Waals surface area (Å²) < 4.78 is 4.83. The normalized spacial score (nSPS) is 11.3. The molecule has 0 saturated carbocycles. The molecule has 0 aliphatic rings. The van der Waals surface area contributed by atoms with Crippen LogP contribution >= 0.6 is 11.3 Å². The third-order valence-electron chi connectivity index (χ3n) is 2.48. The highest BCUT2D eigenvalue weighted by atomic mass is 32.1. The highest BCUT2D eigenvalue weighted by Gasteiger charge is 2.12. The van der Waals surface area contributed by atoms with Gasteiger partial charge < -0.3 is 10.1 Å². The van der Waals surface area contributed by atoms with E-state index in [0.717, 1.165) is 16.9 Å². The number of allylic oxidation sites excluding steroid dienone is 3. The Morgan fingerprint density at radius 2 is 2.27 bits per heavy atom. The van der Waals surface area contributed by atoms with E-state index in [1.807, 2.05) is 19.1 Å². The highest BCUT2D eigenvalue weighted by molar-refractivity contribution is 7.14. The summed E-state index contributed by atoms with van der Waals surface area (Å²) >= 11 is 1.16. The number of thiazole rings is 1. The second kappa shape index (κ2) is 9.51. The van der Waals surface area contributed by atoms with E-state index in [-0.39, 0.29) is 12.3 Å². The smallest absolute Gasteiger partial charge is 0.357 e. The average molecular weight is 321 g/mol. The molecule has 2 N–H and O–H groups in total. The lowest BCUT2D eigenvalue weighted by Crippen LogP contribution is -2.30. The number of ether oxygens (including phenoxy) is 1. The first-order valence-corrected chi connectivity index (χ1v) is 7.60. The van der Waals surface area contributed by atoms with Crippen molar-refractivity contribution in [3.63, 3.8) is 0 Å². The monoisotopic (exact) mass is 321 g/mol. The lowest BCUT2D eigenvalue weighted by Gasteiger charge is -2.05. The SMILES string of the molecule is C=CC=CC(=CC)CNC(=O)Nc1nc(C(=O)OCC)cs1. The third kappa shape index (κ3) is 5.92. The van der Waals surface area contributed by atoms with E-state index in [2.05, 4.69) is 22.2 Å². The molecule has 0 aliphatic carbocycles. The van der Waals surface area contributed by atoms with Crippen LogP contribution < -0.4 is 10.6 Å². The minimum atomic E-state index is -0.502. The zero-order chi connectivity index (χ0) is 16.4. The van der Waals surface area contributed by atoms with Crippen molar-refractivity contribution in [3.05, 3.63) is 47.5 Å². The first kappa shape index (κ1) is 17.6. The van der Waals surface area contributed by atoms with Crippen molar-refractivity contribution in [3.8, 4) is 0 Å². The van der Waals surface area contributed by atoms with Crippen molar-refractivity contribution in [2.75, 3.05) is 18.5 Å². The molecule has 0 aromatic carbocycles. The molecule has 0 unspecified atom stereocenters. The van der Waals surface area contributed by atoms with Crippen LogP contribution in [-0.4, -0.2) is 30.1 Å². The first-order valence-electron chi connectivity index (χ1n) is 6.72. The van der Waals surface area contributed by atoms with Crippen molar-refractivity contribution in [2.45, 2.75) is 13.8 Å². The standard InChI is InChI=1S/C15H19N3O3S/c1-4-7-8-11(5-2)9-16-14(20)18-15-17-12(10-22-15)13(19)21-6-3/h4-5,7-8,10H,1,6,9H2,2-3H3,(H2,16,17,18,20). The summed E-state index contributed by atoms with van der Waals surface area (Å²) in [5.74, 6) is -0.502. The molecule has 1 rings (SSSR count). The fraction of sp³-hybridized carbons (Fsp3) is 0.267. The Kier molecular flexibility index (Phi) is 7.63. The Morgan fingerprint density at radius 1 is 1.50 bits per heavy atom. The van der Waals surface area contributed by atoms with Gasteiger partial charge in [-0.2, -0.15) is 0 Å². The minimum absolute atomic E-state index is 0.185. The second-order valence-corrected chi connectivity index (χ2v) is 4.88. The number of anilines is 1. The van der Waals surface area contributed by atoms with Gasteiger partial charge in [-0.15, -0.1) is 11.3 Å². The van der Waals surface area contributed by atoms with Gasteiger partial charge in [0.2, 0.25) is 0 Å². The van der Waals surface area contributed by atoms with E-state index in [0.29, 0.717) is 11.7 Å². The van der Waals surface area contributed by atoms with Crippen LogP contribution in [0, 0.1) is 0 Å². The van der Waals surface area contributed by atoms with Crippen LogP contribution in [0.5, 0.6) is 0 Å². The Balaban J connectivity index is 2.50. The van der Waals surface area contributed by atoms with Crippen LogP contribution in [0.2, 0.25) is 0 Å². The summed E-state index contributed by atoms with van der Waals surface area (Å²) in [6.45, 7) is 7.85. The van der Waals surface area contributed by atoms with E-state index in [1.165, 1.54) is 5.38 Å². The first-order chi connectivity index (χ1) is 10.6. The summed E-state index contributed by atoms with van der Waals surface area (Å²) in [6, 6.07) is -0.392. The largest absolute Gasteiger partial charge is 0.461 e. The number of esters is 1. The molecule has 0 fully saturated rings. The second-order valence-electron chi connectivity index (χ2n) is 4.02. The van der Waals surface area contributed by atoms with E-state index in [1.54, 1.807) is 19.1 Å². The summed E-state index contributed by atoms with van der Waals surface area (Å²) in [5.41, 5.74) is 1.13. The van der Waals surface area contributed by atoms with Gasteiger partial charge in [0.05, 0.1) is 6.61 Å². The number of nitrogens with zero attached hydrogens (tertiary/aromatic N) is 1. The molecule has 7 heteroatoms. The molecule has 1 aromatic rings. The van der Waals surface area contributed by atoms with Crippen molar-refractivity contribution in [1.82, 2.24) is 10.3 Å². The Labute approximate surface area is 133 Å². The van der Waals surface area contributed by atoms with Crippen molar-refractivity contribution in [2.24, 2.45) is 0 Å². The molecule has 0 saturated heterocycles. The molecule has 6 nitrogen and oxygen atoms in total. The fourth-order valence-corrected chi connectivity index (χ4v) is 2.08. The lowest BCUT2D eigenvalue weighted by atomic mass is 10.2. The predicted octanol–water partition coefficient (Wildman–Crippen LogP) is 3.13. The van der Waals surface area contributed by atoms with E-state index < -0.39 is 12.0 Å². The van der Waals surface area contributed by atoms with Gasteiger partial charge in [0, 0.05) is 11.9 Å². The molecular formula is C15H19N3O3S. The maximum Gasteiger partial charge on any atom is 0.357 e. The highest BCUT2D eigenvalue weighted by Crippen LogP contribution is 2.15. The molecule has 1 aromatic heterocycles. The number of carbonyl (C=O) groups is 2. The number of rotatable bonds is 7. The molecule has 22 heavy (non-hydrogen) atoms. The van der Waals surface area contributed by atoms with Crippen molar-refractivity contribution < 1.29 is 14.3 Å². The molecular weight excluding hydrogens is 302 g/mol. The van der Waals surface area contributed by atoms with E-state index in [4.69, 9.17) is 4.74 Å². The van der Waals surface area contributed by atoms with Gasteiger partial charge in [-0.05, 0) is 19.4 Å². The van der Waals surface area contributed by atoms with Crippen molar-refractivity contribution >= 4 is 28.5 Å². The Morgan fingerprint density at radius 3 is 2.91 bits per heavy atom. The molecule has 2 amide bonds. The summed E-state index contributed by atoms with van der Waals surface area (Å²) in [4.78, 5) is 27.2. The molecule has 0 aliphatic heterocycles. The summed E-state index contributed by atoms with van der Waals surface area (Å²) in [6.07, 6.45) is 7.20. The van der Waals surface area contributed by atoms with Crippen LogP contribution in [-0.2, 0) is 4.74 Å². The zero-order valence-electron chi connectivity index (χ0n) is 12.6. The van der Waals surface area contributed by atoms with E-state index >= 15 is 0 Å². The number of amides is 2. The van der Waals surface area contributed by atoms with Crippen LogP contribution in [0.4, 0.5) is 9.93 Å². The maximum atomic E-state index is 11.8. The van der Waals surface area contributed by atoms with Gasteiger partial charge in [-0.25, -0.2) is 14.6 Å². The van der Waals surface area contributed by atoms with Crippen LogP contribution in [0.25, 0.3) is 0 Å². The number of urea groups is 1. The Hall–Kier alpha value is -2.41. The molecule has 0 spiro atoms. The Bertz CT molecular complexity index is 591. The van der Waals surface area contributed by atoms with Gasteiger partial charge >= 0.3 is 12.0 Å². The number of hydrogen-bond donors (Lipinski definition) is 2. The minimum Gasteiger partial charge on any atom is -0.461 e. The van der Waals surface area contributed by atoms with Gasteiger partial charge in [0.25, 0.3) is 0 Å². The molecule has 0 radical (unpaired) electrons. The van der Waals surface area contributed by atoms with Gasteiger partial charge in [-0.3, -0.25) is 5.32 Å². The fourth-order valence-electron chi connectivity index (χ4n) is 1.40. The lowest BCUT2D eigenvalue weighted by molar-refractivity contribution is 0.0520. The number of carbonyl (C=O) groups excluding carboxylic acids is 2. The maximum absolute atomic E-state index is 11.8. The van der Waals surface area contributed by atoms with Crippen LogP contribution in [0.15, 0.2) is 41.8 Å². The quantitative estimate of drug-likeness (QED) is 0.597. The number of nitrogens with one attached hydrogen (secondary N) is 2. The predicted molar refractivity (Wildman–Crippen MR) is 88.2 cm³/mol. The van der Waals surface area contributed by atoms with Gasteiger partial charge in [0.1, 0.15) is 0 Å². The average Bonchev–Trinajstić information content (AvgIpc) is 2.96. The van der Waals surface area contributed by atoms with Crippen LogP contribution in [0.1, 0.15) is 24.3 Å². The summed E-state index contributed by atoms with van der Waals surface area (Å²) in [7, 11) is 0. The third-order valence-corrected chi connectivity index (χ3v) is 3.24. The summed E-state index contributed by atoms with van der Waals surface area (Å²) in [5, 5.41) is 7.15. The molecule has 0 atom stereocenters. The topological polar surface area (TPSA) is 80.3 Å². The number of aromatic nitrogens is 1. The number of hydrogen-bond acceptors (Lipinski definition) is 5. The van der Waals surface area contributed by atoms with Gasteiger partial charge in [-0.1, -0.05) is 30.9 Å². The molecule has 0 bridgehead atoms. The van der Waals surface area contributed by atoms with Crippen LogP contribution in [0.3, 0.4) is 0 Å².